The fraction of sp³-hybridized carbons (Fsp3) is 0.345. The summed E-state index contributed by atoms with van der Waals surface area (Å²) >= 11 is 0. The van der Waals surface area contributed by atoms with Crippen molar-refractivity contribution in [1.82, 2.24) is 10.6 Å². The summed E-state index contributed by atoms with van der Waals surface area (Å²) in [6.07, 6.45) is -0.0462. The molecule has 3 aromatic carbocycles. The van der Waals surface area contributed by atoms with E-state index in [0.29, 0.717) is 29.2 Å². The van der Waals surface area contributed by atoms with E-state index in [2.05, 4.69) is 29.7 Å². The van der Waals surface area contributed by atoms with Crippen LogP contribution in [0.4, 0.5) is 8.78 Å². The molecular formula is C29H34F2N2O4. The molecule has 3 aromatic rings. The highest BCUT2D eigenvalue weighted by Gasteiger charge is 2.23. The van der Waals surface area contributed by atoms with E-state index in [9.17, 15) is 18.7 Å². The highest BCUT2D eigenvalue weighted by molar-refractivity contribution is 5.79. The molecule has 0 unspecified atom stereocenters. The van der Waals surface area contributed by atoms with Crippen LogP contribution in [-0.2, 0) is 30.6 Å². The monoisotopic (exact) mass is 512 g/mol. The minimum Gasteiger partial charge on any atom is -0.497 e. The second-order valence-corrected chi connectivity index (χ2v) is 8.88. The largest absolute Gasteiger partial charge is 0.497 e. The van der Waals surface area contributed by atoms with Crippen LogP contribution >= 0.6 is 0 Å². The number of halogens is 2. The molecule has 0 bridgehead atoms. The van der Waals surface area contributed by atoms with Crippen LogP contribution in [-0.4, -0.2) is 43.9 Å². The number of aryl methyl sites for hydroxylation is 1. The Hall–Kier alpha value is -3.49. The van der Waals surface area contributed by atoms with Crippen LogP contribution in [0.2, 0.25) is 0 Å². The van der Waals surface area contributed by atoms with Gasteiger partial charge in [0.05, 0.1) is 32.8 Å². The van der Waals surface area contributed by atoms with E-state index in [1.807, 2.05) is 12.1 Å². The Morgan fingerprint density at radius 2 is 1.68 bits per heavy atom. The van der Waals surface area contributed by atoms with Crippen LogP contribution < -0.4 is 20.1 Å². The number of amides is 1. The second kappa shape index (κ2) is 13.7. The molecule has 0 aliphatic carbocycles. The lowest BCUT2D eigenvalue weighted by atomic mass is 10.00. The van der Waals surface area contributed by atoms with Gasteiger partial charge in [-0.3, -0.25) is 4.79 Å². The Bertz CT molecular complexity index is 1170. The molecule has 37 heavy (non-hydrogen) atoms. The Morgan fingerprint density at radius 1 is 0.946 bits per heavy atom. The van der Waals surface area contributed by atoms with Crippen molar-refractivity contribution in [3.05, 3.63) is 94.6 Å². The maximum absolute atomic E-state index is 13.8. The maximum Gasteiger partial charge on any atom is 0.224 e. The summed E-state index contributed by atoms with van der Waals surface area (Å²) < 4.78 is 38.2. The van der Waals surface area contributed by atoms with E-state index >= 15 is 0 Å². The highest BCUT2D eigenvalue weighted by atomic mass is 19.1. The van der Waals surface area contributed by atoms with Crippen LogP contribution in [0.1, 0.15) is 29.2 Å². The minimum absolute atomic E-state index is 0.00879. The third-order valence-electron chi connectivity index (χ3n) is 6.12. The van der Waals surface area contributed by atoms with Crippen LogP contribution in [0.3, 0.4) is 0 Å². The van der Waals surface area contributed by atoms with Gasteiger partial charge in [-0.05, 0) is 47.7 Å². The summed E-state index contributed by atoms with van der Waals surface area (Å²) in [6.45, 7) is 2.79. The van der Waals surface area contributed by atoms with E-state index in [1.165, 1.54) is 31.9 Å². The zero-order valence-corrected chi connectivity index (χ0v) is 21.4. The molecule has 3 N–H and O–H groups in total. The molecule has 1 amide bonds. The van der Waals surface area contributed by atoms with Crippen molar-refractivity contribution in [3.8, 4) is 11.5 Å². The zero-order valence-electron chi connectivity index (χ0n) is 21.4. The number of carbonyl (C=O) groups is 1. The van der Waals surface area contributed by atoms with E-state index < -0.39 is 23.8 Å². The smallest absolute Gasteiger partial charge is 0.224 e. The third-order valence-corrected chi connectivity index (χ3v) is 6.12. The second-order valence-electron chi connectivity index (χ2n) is 8.88. The first kappa shape index (κ1) is 28.1. The predicted octanol–water partition coefficient (Wildman–Crippen LogP) is 3.97. The molecule has 0 saturated carbocycles. The van der Waals surface area contributed by atoms with Gasteiger partial charge in [0.1, 0.15) is 23.1 Å². The van der Waals surface area contributed by atoms with Gasteiger partial charge in [-0.25, -0.2) is 8.78 Å². The van der Waals surface area contributed by atoms with Crippen LogP contribution in [0, 0.1) is 11.6 Å². The molecule has 2 atom stereocenters. The van der Waals surface area contributed by atoms with Crippen LogP contribution in [0.15, 0.2) is 60.7 Å². The minimum atomic E-state index is -1.01. The van der Waals surface area contributed by atoms with E-state index in [4.69, 9.17) is 9.47 Å². The number of hydrogen-bond acceptors (Lipinski definition) is 5. The summed E-state index contributed by atoms with van der Waals surface area (Å²) in [5, 5.41) is 17.0. The van der Waals surface area contributed by atoms with Gasteiger partial charge in [0.25, 0.3) is 0 Å². The standard InChI is InChI=1S/C29H34F2N2O4/c1-4-19-6-5-7-20(10-19)17-32-18-27(34)26(13-21-11-23(30)15-24(31)12-21)33-29(35)14-22-8-9-25(36-2)16-28(22)37-3/h5-12,15-16,26-27,32,34H,4,13-14,17-18H2,1-3H3,(H,33,35)/t26-,27+/m0/s1. The molecule has 0 heterocycles. The Morgan fingerprint density at radius 3 is 2.35 bits per heavy atom. The number of aliphatic hydroxyl groups is 1. The fourth-order valence-corrected chi connectivity index (χ4v) is 4.16. The SMILES string of the molecule is CCc1cccc(CNC[C@@H](O)[C@H](Cc2cc(F)cc(F)c2)NC(=O)Cc2ccc(OC)cc2OC)c1. The summed E-state index contributed by atoms with van der Waals surface area (Å²) in [6, 6.07) is 15.7. The molecule has 3 rings (SSSR count). The van der Waals surface area contributed by atoms with Crippen molar-refractivity contribution < 1.29 is 28.2 Å². The molecule has 0 radical (unpaired) electrons. The molecule has 0 spiro atoms. The number of benzene rings is 3. The summed E-state index contributed by atoms with van der Waals surface area (Å²) in [5.74, 6) is -0.703. The van der Waals surface area contributed by atoms with Crippen molar-refractivity contribution in [2.45, 2.75) is 44.9 Å². The van der Waals surface area contributed by atoms with Gasteiger partial charge in [0.2, 0.25) is 5.91 Å². The first-order valence-electron chi connectivity index (χ1n) is 12.2. The molecular weight excluding hydrogens is 478 g/mol. The normalized spacial score (nSPS) is 12.6. The molecule has 0 fully saturated rings. The molecule has 8 heteroatoms. The van der Waals surface area contributed by atoms with Crippen LogP contribution in [0.25, 0.3) is 0 Å². The molecule has 0 aromatic heterocycles. The maximum atomic E-state index is 13.8. The third kappa shape index (κ3) is 8.55. The van der Waals surface area contributed by atoms with Gasteiger partial charge >= 0.3 is 0 Å². The van der Waals surface area contributed by atoms with Gasteiger partial charge in [-0.15, -0.1) is 0 Å². The van der Waals surface area contributed by atoms with Crippen molar-refractivity contribution in [1.29, 1.82) is 0 Å². The number of rotatable bonds is 13. The number of methoxy groups -OCH3 is 2. The summed E-state index contributed by atoms with van der Waals surface area (Å²) in [7, 11) is 3.04. The number of carbonyl (C=O) groups excluding carboxylic acids is 1. The molecule has 0 aliphatic rings. The van der Waals surface area contributed by atoms with Gasteiger partial charge < -0.3 is 25.2 Å². The Balaban J connectivity index is 1.70. The number of aliphatic hydroxyl groups excluding tert-OH is 1. The lowest BCUT2D eigenvalue weighted by Gasteiger charge is -2.25. The van der Waals surface area contributed by atoms with E-state index in [-0.39, 0.29) is 25.3 Å². The van der Waals surface area contributed by atoms with Gasteiger partial charge in [0.15, 0.2) is 0 Å². The molecule has 6 nitrogen and oxygen atoms in total. The van der Waals surface area contributed by atoms with Gasteiger partial charge in [-0.1, -0.05) is 37.3 Å². The van der Waals surface area contributed by atoms with E-state index in [0.717, 1.165) is 18.1 Å². The van der Waals surface area contributed by atoms with Gasteiger partial charge in [0, 0.05) is 30.8 Å². The highest BCUT2D eigenvalue weighted by Crippen LogP contribution is 2.25. The quantitative estimate of drug-likeness (QED) is 0.323. The first-order chi connectivity index (χ1) is 17.8. The molecule has 0 saturated heterocycles. The number of ether oxygens (including phenoxy) is 2. The summed E-state index contributed by atoms with van der Waals surface area (Å²) in [4.78, 5) is 13.0. The molecule has 198 valence electrons. The van der Waals surface area contributed by atoms with Crippen molar-refractivity contribution in [3.63, 3.8) is 0 Å². The Kier molecular flexibility index (Phi) is 10.4. The zero-order chi connectivity index (χ0) is 26.8. The predicted molar refractivity (Wildman–Crippen MR) is 139 cm³/mol. The Labute approximate surface area is 216 Å². The van der Waals surface area contributed by atoms with Crippen molar-refractivity contribution in [2.24, 2.45) is 0 Å². The van der Waals surface area contributed by atoms with Crippen molar-refractivity contribution in [2.75, 3.05) is 20.8 Å². The topological polar surface area (TPSA) is 79.8 Å². The first-order valence-corrected chi connectivity index (χ1v) is 12.2. The average molecular weight is 513 g/mol. The van der Waals surface area contributed by atoms with Crippen molar-refractivity contribution >= 4 is 5.91 Å². The van der Waals surface area contributed by atoms with Gasteiger partial charge in [-0.2, -0.15) is 0 Å². The number of hydrogen-bond donors (Lipinski definition) is 3. The fourth-order valence-electron chi connectivity index (χ4n) is 4.16. The number of nitrogens with one attached hydrogen (secondary N) is 2. The molecule has 0 aliphatic heterocycles. The summed E-state index contributed by atoms with van der Waals surface area (Å²) in [5.41, 5.74) is 3.26. The van der Waals surface area contributed by atoms with E-state index in [1.54, 1.807) is 18.2 Å². The lowest BCUT2D eigenvalue weighted by Crippen LogP contribution is -2.49. The van der Waals surface area contributed by atoms with Crippen LogP contribution in [0.5, 0.6) is 11.5 Å². The average Bonchev–Trinajstić information content (AvgIpc) is 2.88. The lowest BCUT2D eigenvalue weighted by molar-refractivity contribution is -0.122.